The van der Waals surface area contributed by atoms with Crippen molar-refractivity contribution in [3.8, 4) is 0 Å². The van der Waals surface area contributed by atoms with Crippen LogP contribution in [-0.2, 0) is 24.1 Å². The van der Waals surface area contributed by atoms with Crippen molar-refractivity contribution in [2.75, 3.05) is 13.2 Å². The maximum atomic E-state index is 11.4. The van der Waals surface area contributed by atoms with Gasteiger partial charge in [0, 0.05) is 6.42 Å². The van der Waals surface area contributed by atoms with Crippen molar-refractivity contribution in [2.24, 2.45) is 0 Å². The number of carbonyl (C=O) groups excluding carboxylic acids is 1. The van der Waals surface area contributed by atoms with Crippen LogP contribution in [0.15, 0.2) is 0 Å². The summed E-state index contributed by atoms with van der Waals surface area (Å²) in [7, 11) is -4.63. The van der Waals surface area contributed by atoms with Gasteiger partial charge in [-0.2, -0.15) is 8.42 Å². The van der Waals surface area contributed by atoms with Gasteiger partial charge in [0.1, 0.15) is 12.7 Å². The van der Waals surface area contributed by atoms with Gasteiger partial charge in [0.15, 0.2) is 0 Å². The standard InChI is InChI=1S/C13H25O7S.K/c1-2-3-4-5-6-7-8-9-13(15)20-12(10-14)11-19-21(16,17)18;/h12H,2-11H2,1H3,(H,16,17,18);/q-1;+1. The molecule has 0 rings (SSSR count). The molecule has 0 heterocycles. The third kappa shape index (κ3) is 17.3. The van der Waals surface area contributed by atoms with Crippen molar-refractivity contribution in [3.63, 3.8) is 0 Å². The first-order valence-corrected chi connectivity index (χ1v) is 8.65. The average Bonchev–Trinajstić information content (AvgIpc) is 2.41. The first-order valence-electron chi connectivity index (χ1n) is 7.28. The fourth-order valence-corrected chi connectivity index (χ4v) is 2.07. The smallest absolute Gasteiger partial charge is 0.852 e. The second-order valence-corrected chi connectivity index (χ2v) is 5.95. The minimum atomic E-state index is -4.63. The Bertz CT molecular complexity index is 373. The number of esters is 1. The largest absolute Gasteiger partial charge is 1.00 e. The normalized spacial score (nSPS) is 12.5. The molecule has 0 aliphatic carbocycles. The van der Waals surface area contributed by atoms with Crippen molar-refractivity contribution in [1.82, 2.24) is 0 Å². The van der Waals surface area contributed by atoms with E-state index in [0.29, 0.717) is 6.42 Å². The summed E-state index contributed by atoms with van der Waals surface area (Å²) in [5.74, 6) is -0.552. The van der Waals surface area contributed by atoms with E-state index in [1.807, 2.05) is 0 Å². The van der Waals surface area contributed by atoms with Crippen molar-refractivity contribution in [3.05, 3.63) is 0 Å². The van der Waals surface area contributed by atoms with Crippen LogP contribution in [0.4, 0.5) is 0 Å². The van der Waals surface area contributed by atoms with Gasteiger partial charge < -0.3 is 9.84 Å². The summed E-state index contributed by atoms with van der Waals surface area (Å²) in [6.45, 7) is 0.664. The molecule has 0 amide bonds. The Morgan fingerprint density at radius 3 is 2.18 bits per heavy atom. The fraction of sp³-hybridized carbons (Fsp3) is 0.923. The van der Waals surface area contributed by atoms with E-state index < -0.39 is 35.7 Å². The second kappa shape index (κ2) is 15.5. The molecule has 0 radical (unpaired) electrons. The maximum Gasteiger partial charge on any atom is 1.00 e. The minimum absolute atomic E-state index is 0. The number of rotatable bonds is 13. The topological polar surface area (TPSA) is 113 Å². The van der Waals surface area contributed by atoms with Crippen LogP contribution in [0, 0.1) is 0 Å². The number of hydrogen-bond donors (Lipinski definition) is 1. The molecule has 0 aliphatic heterocycles. The van der Waals surface area contributed by atoms with Crippen LogP contribution < -0.4 is 56.5 Å². The third-order valence-electron chi connectivity index (χ3n) is 2.87. The SMILES string of the molecule is CCCCCCCCCC(=O)OC(C[O-])COS(=O)(=O)O.[K+]. The zero-order valence-corrected chi connectivity index (χ0v) is 17.4. The Morgan fingerprint density at radius 1 is 1.14 bits per heavy atom. The van der Waals surface area contributed by atoms with Gasteiger partial charge in [0.2, 0.25) is 0 Å². The fourth-order valence-electron chi connectivity index (χ4n) is 1.75. The summed E-state index contributed by atoms with van der Waals surface area (Å²) >= 11 is 0. The zero-order chi connectivity index (χ0) is 16.1. The summed E-state index contributed by atoms with van der Waals surface area (Å²) in [5.41, 5.74) is 0. The van der Waals surface area contributed by atoms with Crippen LogP contribution in [-0.4, -0.2) is 38.3 Å². The van der Waals surface area contributed by atoms with E-state index in [9.17, 15) is 18.3 Å². The van der Waals surface area contributed by atoms with Crippen LogP contribution in [0.2, 0.25) is 0 Å². The van der Waals surface area contributed by atoms with Gasteiger partial charge in [-0.05, 0) is 6.42 Å². The molecule has 9 heteroatoms. The Kier molecular flexibility index (Phi) is 17.7. The molecule has 0 saturated heterocycles. The van der Waals surface area contributed by atoms with E-state index in [-0.39, 0.29) is 57.8 Å². The molecule has 0 aromatic heterocycles. The molecule has 0 aliphatic rings. The van der Waals surface area contributed by atoms with Gasteiger partial charge in [0.05, 0.1) is 0 Å². The number of hydrogen-bond acceptors (Lipinski definition) is 6. The van der Waals surface area contributed by atoms with E-state index in [0.717, 1.165) is 19.3 Å². The van der Waals surface area contributed by atoms with Gasteiger partial charge in [-0.1, -0.05) is 52.1 Å². The van der Waals surface area contributed by atoms with Gasteiger partial charge >= 0.3 is 67.8 Å². The molecule has 0 fully saturated rings. The molecule has 0 bridgehead atoms. The van der Waals surface area contributed by atoms with Gasteiger partial charge in [-0.15, -0.1) is 0 Å². The zero-order valence-electron chi connectivity index (χ0n) is 13.5. The predicted octanol–water partition coefficient (Wildman–Crippen LogP) is -1.78. The first-order chi connectivity index (χ1) is 9.89. The second-order valence-electron chi connectivity index (χ2n) is 4.86. The Labute approximate surface area is 175 Å². The molecule has 1 atom stereocenters. The van der Waals surface area contributed by atoms with Crippen molar-refractivity contribution in [1.29, 1.82) is 0 Å². The summed E-state index contributed by atoms with van der Waals surface area (Å²) in [6.07, 6.45) is 6.40. The van der Waals surface area contributed by atoms with Crippen molar-refractivity contribution in [2.45, 2.75) is 64.4 Å². The first kappa shape index (κ1) is 25.2. The predicted molar refractivity (Wildman–Crippen MR) is 74.9 cm³/mol. The minimum Gasteiger partial charge on any atom is -0.852 e. The van der Waals surface area contributed by atoms with E-state index in [2.05, 4.69) is 11.1 Å². The summed E-state index contributed by atoms with van der Waals surface area (Å²) < 4.78 is 37.9. The third-order valence-corrected chi connectivity index (χ3v) is 3.31. The van der Waals surface area contributed by atoms with Crippen molar-refractivity contribution < 1.29 is 83.2 Å². The van der Waals surface area contributed by atoms with E-state index in [1.165, 1.54) is 19.3 Å². The molecule has 0 spiro atoms. The Hall–Kier alpha value is 0.936. The van der Waals surface area contributed by atoms with Crippen LogP contribution in [0.5, 0.6) is 0 Å². The van der Waals surface area contributed by atoms with Gasteiger partial charge in [-0.3, -0.25) is 9.35 Å². The number of ether oxygens (including phenoxy) is 1. The van der Waals surface area contributed by atoms with Crippen LogP contribution in [0.25, 0.3) is 0 Å². The van der Waals surface area contributed by atoms with E-state index in [1.54, 1.807) is 0 Å². The number of unbranched alkanes of at least 4 members (excludes halogenated alkanes) is 6. The molecule has 126 valence electrons. The monoisotopic (exact) mass is 364 g/mol. The maximum absolute atomic E-state index is 11.4. The summed E-state index contributed by atoms with van der Waals surface area (Å²) in [5, 5.41) is 10.7. The van der Waals surface area contributed by atoms with Gasteiger partial charge in [-0.25, -0.2) is 4.18 Å². The average molecular weight is 365 g/mol. The molecule has 1 unspecified atom stereocenters. The molecular formula is C13H25KO7S. The molecule has 0 aromatic carbocycles. The quantitative estimate of drug-likeness (QED) is 0.178. The summed E-state index contributed by atoms with van der Waals surface area (Å²) in [6, 6.07) is 0. The number of carbonyl (C=O) groups is 1. The molecular weight excluding hydrogens is 339 g/mol. The van der Waals surface area contributed by atoms with Gasteiger partial charge in [0.25, 0.3) is 0 Å². The van der Waals surface area contributed by atoms with E-state index >= 15 is 0 Å². The summed E-state index contributed by atoms with van der Waals surface area (Å²) in [4.78, 5) is 11.4. The van der Waals surface area contributed by atoms with Crippen molar-refractivity contribution >= 4 is 16.4 Å². The molecule has 0 saturated carbocycles. The molecule has 0 aromatic rings. The van der Waals surface area contributed by atoms with Crippen LogP contribution in [0.1, 0.15) is 58.3 Å². The Morgan fingerprint density at radius 2 is 1.68 bits per heavy atom. The van der Waals surface area contributed by atoms with Crippen LogP contribution in [0.3, 0.4) is 0 Å². The molecule has 1 N–H and O–H groups in total. The molecule has 22 heavy (non-hydrogen) atoms. The Balaban J connectivity index is 0. The van der Waals surface area contributed by atoms with Crippen LogP contribution >= 0.6 is 0 Å². The molecule has 7 nitrogen and oxygen atoms in total. The van der Waals surface area contributed by atoms with E-state index in [4.69, 9.17) is 9.29 Å².